The Morgan fingerprint density at radius 1 is 1.08 bits per heavy atom. The highest BCUT2D eigenvalue weighted by atomic mass is 16.1. The van der Waals surface area contributed by atoms with Crippen LogP contribution in [0.5, 0.6) is 0 Å². The Labute approximate surface area is 142 Å². The van der Waals surface area contributed by atoms with Crippen molar-refractivity contribution in [3.8, 4) is 0 Å². The fourth-order valence-corrected chi connectivity index (χ4v) is 2.84. The van der Waals surface area contributed by atoms with E-state index in [4.69, 9.17) is 5.73 Å². The van der Waals surface area contributed by atoms with Crippen molar-refractivity contribution in [2.24, 2.45) is 5.73 Å². The molecular weight excluding hydrogens is 300 g/mol. The van der Waals surface area contributed by atoms with E-state index in [1.165, 1.54) is 11.6 Å². The third-order valence-electron chi connectivity index (χ3n) is 4.16. The lowest BCUT2D eigenvalue weighted by molar-refractivity contribution is -0.113. The van der Waals surface area contributed by atoms with E-state index in [2.05, 4.69) is 45.1 Å². The van der Waals surface area contributed by atoms with E-state index in [0.29, 0.717) is 0 Å². The summed E-state index contributed by atoms with van der Waals surface area (Å²) in [7, 11) is 0. The van der Waals surface area contributed by atoms with E-state index in [1.54, 1.807) is 12.3 Å². The molecule has 0 radical (unpaired) electrons. The van der Waals surface area contributed by atoms with Gasteiger partial charge >= 0.3 is 0 Å². The molecule has 0 atom stereocenters. The highest BCUT2D eigenvalue weighted by Gasteiger charge is 2.17. The number of anilines is 1. The van der Waals surface area contributed by atoms with E-state index < -0.39 is 5.91 Å². The highest BCUT2D eigenvalue weighted by molar-refractivity contribution is 5.90. The van der Waals surface area contributed by atoms with Gasteiger partial charge in [-0.15, -0.1) is 0 Å². The molecule has 2 aromatic rings. The van der Waals surface area contributed by atoms with Crippen LogP contribution < -0.4 is 10.6 Å². The van der Waals surface area contributed by atoms with E-state index in [0.717, 1.165) is 44.1 Å². The topological polar surface area (TPSA) is 62.5 Å². The number of hydrogen-bond acceptors (Lipinski definition) is 4. The highest BCUT2D eigenvalue weighted by Crippen LogP contribution is 2.16. The molecule has 1 aliphatic heterocycles. The molecule has 1 aromatic carbocycles. The van der Waals surface area contributed by atoms with Crippen LogP contribution >= 0.6 is 0 Å². The molecule has 1 saturated heterocycles. The van der Waals surface area contributed by atoms with Gasteiger partial charge in [0.05, 0.1) is 0 Å². The molecule has 5 heteroatoms. The first-order chi connectivity index (χ1) is 11.7. The van der Waals surface area contributed by atoms with Gasteiger partial charge in [-0.05, 0) is 29.3 Å². The predicted octanol–water partition coefficient (Wildman–Crippen LogP) is 1.90. The average Bonchev–Trinajstić information content (AvgIpc) is 2.62. The fourth-order valence-electron chi connectivity index (χ4n) is 2.84. The van der Waals surface area contributed by atoms with Gasteiger partial charge < -0.3 is 10.6 Å². The lowest BCUT2D eigenvalue weighted by Crippen LogP contribution is -2.46. The Morgan fingerprint density at radius 2 is 1.83 bits per heavy atom. The molecule has 1 aliphatic rings. The van der Waals surface area contributed by atoms with Crippen molar-refractivity contribution in [3.05, 3.63) is 65.9 Å². The second-order valence-corrected chi connectivity index (χ2v) is 5.93. The zero-order chi connectivity index (χ0) is 16.8. The van der Waals surface area contributed by atoms with Gasteiger partial charge in [-0.2, -0.15) is 0 Å². The summed E-state index contributed by atoms with van der Waals surface area (Å²) >= 11 is 0. The summed E-state index contributed by atoms with van der Waals surface area (Å²) in [6.07, 6.45) is 4.79. The largest absolute Gasteiger partial charge is 0.366 e. The van der Waals surface area contributed by atoms with E-state index in [-0.39, 0.29) is 0 Å². The third-order valence-corrected chi connectivity index (χ3v) is 4.16. The van der Waals surface area contributed by atoms with Crippen LogP contribution in [0.15, 0.2) is 54.7 Å². The number of rotatable bonds is 5. The number of amides is 1. The normalized spacial score (nSPS) is 15.8. The first kappa shape index (κ1) is 16.2. The number of nitrogens with zero attached hydrogens (tertiary/aromatic N) is 3. The minimum absolute atomic E-state index is 0.450. The van der Waals surface area contributed by atoms with Crippen LogP contribution in [0.2, 0.25) is 0 Å². The quantitative estimate of drug-likeness (QED) is 0.854. The number of nitrogens with two attached hydrogens (primary N) is 1. The van der Waals surface area contributed by atoms with Crippen molar-refractivity contribution in [2.75, 3.05) is 31.1 Å². The molecule has 0 bridgehead atoms. The lowest BCUT2D eigenvalue weighted by Gasteiger charge is -2.35. The Hall–Kier alpha value is -2.66. The zero-order valence-corrected chi connectivity index (χ0v) is 13.6. The molecule has 124 valence electrons. The van der Waals surface area contributed by atoms with E-state index in [1.807, 2.05) is 12.1 Å². The minimum Gasteiger partial charge on any atom is -0.366 e. The number of pyridine rings is 1. The van der Waals surface area contributed by atoms with Crippen LogP contribution in [0.25, 0.3) is 6.08 Å². The summed E-state index contributed by atoms with van der Waals surface area (Å²) in [5.74, 6) is 0.527. The molecule has 0 spiro atoms. The predicted molar refractivity (Wildman–Crippen MR) is 96.4 cm³/mol. The number of aromatic nitrogens is 1. The van der Waals surface area contributed by atoms with Gasteiger partial charge in [-0.25, -0.2) is 4.98 Å². The number of hydrogen-bond donors (Lipinski definition) is 1. The van der Waals surface area contributed by atoms with Crippen LogP contribution in [0, 0.1) is 0 Å². The summed E-state index contributed by atoms with van der Waals surface area (Å²) < 4.78 is 0. The number of carbonyl (C=O) groups is 1. The molecule has 0 aliphatic carbocycles. The third kappa shape index (κ3) is 4.43. The SMILES string of the molecule is NC(=O)/C=C\c1ccc(N2CCN(Cc3ccccc3)CC2)nc1. The second-order valence-electron chi connectivity index (χ2n) is 5.93. The first-order valence-corrected chi connectivity index (χ1v) is 8.15. The van der Waals surface area contributed by atoms with Gasteiger partial charge in [0.2, 0.25) is 5.91 Å². The number of primary amides is 1. The molecule has 1 amide bonds. The lowest BCUT2D eigenvalue weighted by atomic mass is 10.2. The smallest absolute Gasteiger partial charge is 0.241 e. The Bertz CT molecular complexity index is 689. The molecule has 3 rings (SSSR count). The standard InChI is InChI=1S/C19H22N4O/c20-18(24)8-6-16-7-9-19(21-14-16)23-12-10-22(11-13-23)15-17-4-2-1-3-5-17/h1-9,14H,10-13,15H2,(H2,20,24)/b8-6-. The van der Waals surface area contributed by atoms with E-state index >= 15 is 0 Å². The average molecular weight is 322 g/mol. The molecule has 1 aromatic heterocycles. The van der Waals surface area contributed by atoms with Crippen molar-refractivity contribution in [2.45, 2.75) is 6.54 Å². The molecule has 2 heterocycles. The zero-order valence-electron chi connectivity index (χ0n) is 13.6. The molecule has 5 nitrogen and oxygen atoms in total. The van der Waals surface area contributed by atoms with Crippen LogP contribution in [0.1, 0.15) is 11.1 Å². The molecule has 0 saturated carbocycles. The number of piperazine rings is 1. The molecule has 2 N–H and O–H groups in total. The van der Waals surface area contributed by atoms with Crippen LogP contribution in [-0.2, 0) is 11.3 Å². The van der Waals surface area contributed by atoms with Gasteiger partial charge in [0.15, 0.2) is 0 Å². The number of benzene rings is 1. The molecule has 0 unspecified atom stereocenters. The van der Waals surface area contributed by atoms with Crippen molar-refractivity contribution >= 4 is 17.8 Å². The maximum Gasteiger partial charge on any atom is 0.241 e. The van der Waals surface area contributed by atoms with Crippen molar-refractivity contribution < 1.29 is 4.79 Å². The first-order valence-electron chi connectivity index (χ1n) is 8.15. The fraction of sp³-hybridized carbons (Fsp3) is 0.263. The van der Waals surface area contributed by atoms with Gasteiger partial charge in [-0.1, -0.05) is 30.3 Å². The van der Waals surface area contributed by atoms with Crippen molar-refractivity contribution in [3.63, 3.8) is 0 Å². The Kier molecular flexibility index (Phi) is 5.23. The molecular formula is C19H22N4O. The minimum atomic E-state index is -0.450. The van der Waals surface area contributed by atoms with Gasteiger partial charge in [0, 0.05) is 45.0 Å². The summed E-state index contributed by atoms with van der Waals surface area (Å²) in [6, 6.07) is 14.5. The maximum absolute atomic E-state index is 10.8. The van der Waals surface area contributed by atoms with Gasteiger partial charge in [-0.3, -0.25) is 9.69 Å². The van der Waals surface area contributed by atoms with Gasteiger partial charge in [0.1, 0.15) is 5.82 Å². The monoisotopic (exact) mass is 322 g/mol. The van der Waals surface area contributed by atoms with Crippen LogP contribution in [-0.4, -0.2) is 42.0 Å². The van der Waals surface area contributed by atoms with Gasteiger partial charge in [0.25, 0.3) is 0 Å². The van der Waals surface area contributed by atoms with E-state index in [9.17, 15) is 4.79 Å². The molecule has 1 fully saturated rings. The van der Waals surface area contributed by atoms with Crippen LogP contribution in [0.3, 0.4) is 0 Å². The molecule has 24 heavy (non-hydrogen) atoms. The van der Waals surface area contributed by atoms with Crippen molar-refractivity contribution in [1.29, 1.82) is 0 Å². The Morgan fingerprint density at radius 3 is 2.46 bits per heavy atom. The summed E-state index contributed by atoms with van der Waals surface area (Å²) in [5.41, 5.74) is 7.33. The summed E-state index contributed by atoms with van der Waals surface area (Å²) in [6.45, 7) is 4.99. The second kappa shape index (κ2) is 7.75. The summed E-state index contributed by atoms with van der Waals surface area (Å²) in [5, 5.41) is 0. The Balaban J connectivity index is 1.53. The van der Waals surface area contributed by atoms with Crippen molar-refractivity contribution in [1.82, 2.24) is 9.88 Å². The summed E-state index contributed by atoms with van der Waals surface area (Å²) in [4.78, 5) is 20.0. The maximum atomic E-state index is 10.8. The number of carbonyl (C=O) groups excluding carboxylic acids is 1. The van der Waals surface area contributed by atoms with Crippen LogP contribution in [0.4, 0.5) is 5.82 Å².